The summed E-state index contributed by atoms with van der Waals surface area (Å²) in [4.78, 5) is 0. The average molecular weight is 280 g/mol. The third-order valence-corrected chi connectivity index (χ3v) is 3.29. The Balaban J connectivity index is 4.04. The second-order valence-corrected chi connectivity index (χ2v) is 4.79. The van der Waals surface area contributed by atoms with Gasteiger partial charge in [-0.25, -0.2) is 0 Å². The predicted octanol–water partition coefficient (Wildman–Crippen LogP) is 2.03. The third kappa shape index (κ3) is 8.32. The van der Waals surface area contributed by atoms with Gasteiger partial charge in [-0.2, -0.15) is 12.6 Å². The van der Waals surface area contributed by atoms with Gasteiger partial charge in [-0.15, -0.1) is 0 Å². The van der Waals surface area contributed by atoms with Crippen LogP contribution in [-0.2, 0) is 18.9 Å². The van der Waals surface area contributed by atoms with E-state index in [1.807, 2.05) is 0 Å². The van der Waals surface area contributed by atoms with Gasteiger partial charge in [0.25, 0.3) is 0 Å². The Labute approximate surface area is 117 Å². The van der Waals surface area contributed by atoms with Gasteiger partial charge in [0.15, 0.2) is 0 Å². The number of rotatable bonds is 12. The van der Waals surface area contributed by atoms with Crippen molar-refractivity contribution < 1.29 is 18.9 Å². The topological polar surface area (TPSA) is 36.9 Å². The molecule has 5 heteroatoms. The molecule has 18 heavy (non-hydrogen) atoms. The zero-order valence-electron chi connectivity index (χ0n) is 12.1. The molecule has 0 aromatic rings. The highest BCUT2D eigenvalue weighted by Crippen LogP contribution is 2.18. The molecule has 0 bridgehead atoms. The van der Waals surface area contributed by atoms with Crippen molar-refractivity contribution >= 4 is 12.6 Å². The fraction of sp³-hybridized carbons (Fsp3) is 1.00. The molecular formula is C13H28O4S. The van der Waals surface area contributed by atoms with E-state index >= 15 is 0 Å². The molecule has 0 amide bonds. The van der Waals surface area contributed by atoms with Gasteiger partial charge >= 0.3 is 0 Å². The van der Waals surface area contributed by atoms with E-state index in [0.717, 1.165) is 12.2 Å². The lowest BCUT2D eigenvalue weighted by Gasteiger charge is -2.28. The molecule has 0 spiro atoms. The van der Waals surface area contributed by atoms with Crippen molar-refractivity contribution in [3.63, 3.8) is 0 Å². The second-order valence-electron chi connectivity index (χ2n) is 4.34. The van der Waals surface area contributed by atoms with Crippen molar-refractivity contribution in [2.45, 2.75) is 32.5 Å². The summed E-state index contributed by atoms with van der Waals surface area (Å²) >= 11 is 4.28. The monoisotopic (exact) mass is 280 g/mol. The average Bonchev–Trinajstić information content (AvgIpc) is 2.37. The van der Waals surface area contributed by atoms with Crippen molar-refractivity contribution in [2.24, 2.45) is 5.92 Å². The minimum Gasteiger partial charge on any atom is -0.382 e. The molecule has 3 unspecified atom stereocenters. The molecule has 0 fully saturated rings. The zero-order chi connectivity index (χ0) is 13.8. The Morgan fingerprint density at radius 3 is 1.94 bits per heavy atom. The van der Waals surface area contributed by atoms with Crippen molar-refractivity contribution in [1.82, 2.24) is 0 Å². The van der Waals surface area contributed by atoms with Crippen LogP contribution in [0.25, 0.3) is 0 Å². The Hall–Kier alpha value is 0.190. The fourth-order valence-electron chi connectivity index (χ4n) is 1.68. The van der Waals surface area contributed by atoms with Gasteiger partial charge in [0.2, 0.25) is 0 Å². The van der Waals surface area contributed by atoms with Gasteiger partial charge in [0.05, 0.1) is 38.6 Å². The summed E-state index contributed by atoms with van der Waals surface area (Å²) in [5.41, 5.74) is 0. The number of thiol groups is 1. The number of hydrogen-bond donors (Lipinski definition) is 1. The second kappa shape index (κ2) is 12.2. The Bertz CT molecular complexity index is 180. The van der Waals surface area contributed by atoms with Crippen molar-refractivity contribution in [1.29, 1.82) is 0 Å². The Morgan fingerprint density at radius 1 is 0.889 bits per heavy atom. The van der Waals surface area contributed by atoms with E-state index in [9.17, 15) is 0 Å². The maximum absolute atomic E-state index is 5.83. The van der Waals surface area contributed by atoms with E-state index in [1.54, 1.807) is 14.2 Å². The molecule has 0 radical (unpaired) electrons. The van der Waals surface area contributed by atoms with Crippen LogP contribution in [0.3, 0.4) is 0 Å². The van der Waals surface area contributed by atoms with E-state index in [1.165, 1.54) is 0 Å². The summed E-state index contributed by atoms with van der Waals surface area (Å²) in [5.74, 6) is 1.14. The first-order valence-corrected chi connectivity index (χ1v) is 7.12. The van der Waals surface area contributed by atoms with E-state index in [0.29, 0.717) is 32.3 Å². The van der Waals surface area contributed by atoms with Crippen LogP contribution < -0.4 is 0 Å². The van der Waals surface area contributed by atoms with Crippen LogP contribution in [0, 0.1) is 5.92 Å². The minimum atomic E-state index is 0.146. The molecule has 0 aliphatic heterocycles. The van der Waals surface area contributed by atoms with Gasteiger partial charge in [0.1, 0.15) is 0 Å². The molecule has 3 atom stereocenters. The standard InChI is InChI=1S/C13H28O4S/c1-11(12(2)16-8-6-14-3)13(5-10-18)17-9-7-15-4/h11-13,18H,5-10H2,1-4H3. The summed E-state index contributed by atoms with van der Waals surface area (Å²) in [5, 5.41) is 0. The van der Waals surface area contributed by atoms with Crippen molar-refractivity contribution in [3.05, 3.63) is 0 Å². The third-order valence-electron chi connectivity index (χ3n) is 3.03. The lowest BCUT2D eigenvalue weighted by atomic mass is 9.97. The van der Waals surface area contributed by atoms with Crippen LogP contribution in [0.1, 0.15) is 20.3 Å². The van der Waals surface area contributed by atoms with Crippen molar-refractivity contribution in [3.8, 4) is 0 Å². The molecule has 0 rings (SSSR count). The Morgan fingerprint density at radius 2 is 1.44 bits per heavy atom. The zero-order valence-corrected chi connectivity index (χ0v) is 12.9. The van der Waals surface area contributed by atoms with Crippen LogP contribution in [0.15, 0.2) is 0 Å². The predicted molar refractivity (Wildman–Crippen MR) is 76.5 cm³/mol. The first kappa shape index (κ1) is 18.2. The largest absolute Gasteiger partial charge is 0.382 e. The van der Waals surface area contributed by atoms with Gasteiger partial charge in [-0.1, -0.05) is 6.92 Å². The highest BCUT2D eigenvalue weighted by Gasteiger charge is 2.23. The fourth-order valence-corrected chi connectivity index (χ4v) is 1.93. The van der Waals surface area contributed by atoms with Crippen molar-refractivity contribution in [2.75, 3.05) is 46.4 Å². The molecule has 0 heterocycles. The minimum absolute atomic E-state index is 0.146. The number of ether oxygens (including phenoxy) is 4. The van der Waals surface area contributed by atoms with E-state index in [2.05, 4.69) is 26.5 Å². The maximum atomic E-state index is 5.83. The van der Waals surface area contributed by atoms with Crippen LogP contribution in [0.4, 0.5) is 0 Å². The van der Waals surface area contributed by atoms with Crippen LogP contribution in [0.5, 0.6) is 0 Å². The smallest absolute Gasteiger partial charge is 0.0704 e. The molecule has 0 aromatic carbocycles. The molecule has 0 N–H and O–H groups in total. The molecule has 4 nitrogen and oxygen atoms in total. The van der Waals surface area contributed by atoms with Gasteiger partial charge < -0.3 is 18.9 Å². The maximum Gasteiger partial charge on any atom is 0.0704 e. The molecule has 0 aliphatic rings. The van der Waals surface area contributed by atoms with Gasteiger partial charge in [-0.05, 0) is 19.1 Å². The SMILES string of the molecule is COCCOC(C)C(C)C(CCS)OCCOC. The number of hydrogen-bond acceptors (Lipinski definition) is 5. The summed E-state index contributed by atoms with van der Waals surface area (Å²) in [6.45, 7) is 6.70. The summed E-state index contributed by atoms with van der Waals surface area (Å²) < 4.78 is 21.5. The van der Waals surface area contributed by atoms with Gasteiger partial charge in [0, 0.05) is 20.1 Å². The number of methoxy groups -OCH3 is 2. The first-order valence-electron chi connectivity index (χ1n) is 6.49. The molecular weight excluding hydrogens is 252 g/mol. The molecule has 110 valence electrons. The van der Waals surface area contributed by atoms with E-state index < -0.39 is 0 Å². The Kier molecular flexibility index (Phi) is 12.4. The molecule has 0 aromatic heterocycles. The summed E-state index contributed by atoms with van der Waals surface area (Å²) in [6.07, 6.45) is 1.23. The highest BCUT2D eigenvalue weighted by molar-refractivity contribution is 7.80. The van der Waals surface area contributed by atoms with E-state index in [4.69, 9.17) is 18.9 Å². The summed E-state index contributed by atoms with van der Waals surface area (Å²) in [7, 11) is 3.35. The highest BCUT2D eigenvalue weighted by atomic mass is 32.1. The quantitative estimate of drug-likeness (QED) is 0.438. The van der Waals surface area contributed by atoms with E-state index in [-0.39, 0.29) is 12.2 Å². The van der Waals surface area contributed by atoms with Crippen LogP contribution in [0.2, 0.25) is 0 Å². The van der Waals surface area contributed by atoms with Gasteiger partial charge in [-0.3, -0.25) is 0 Å². The van der Waals surface area contributed by atoms with Crippen LogP contribution >= 0.6 is 12.6 Å². The normalized spacial score (nSPS) is 16.5. The first-order chi connectivity index (χ1) is 8.67. The lowest BCUT2D eigenvalue weighted by Crippen LogP contribution is -2.33. The summed E-state index contributed by atoms with van der Waals surface area (Å²) in [6, 6.07) is 0. The molecule has 0 saturated heterocycles. The lowest BCUT2D eigenvalue weighted by molar-refractivity contribution is -0.0690. The molecule has 0 aliphatic carbocycles. The van der Waals surface area contributed by atoms with Crippen LogP contribution in [-0.4, -0.2) is 58.6 Å². The molecule has 0 saturated carbocycles.